The standard InChI is InChI=1S/C20H27N3O/c1-2-3-7-16-10-12-19(13-11-16)23-20(24)17(14-21)15-22-18-8-5-4-6-9-18/h10-13,15,18,22H,2-9H2,1H3,(H,23,24)/b17-15-. The number of benzene rings is 1. The van der Waals surface area contributed by atoms with Gasteiger partial charge in [-0.15, -0.1) is 0 Å². The van der Waals surface area contributed by atoms with E-state index < -0.39 is 0 Å². The van der Waals surface area contributed by atoms with Gasteiger partial charge in [-0.05, 0) is 43.4 Å². The molecule has 0 radical (unpaired) electrons. The van der Waals surface area contributed by atoms with Crippen LogP contribution in [0.5, 0.6) is 0 Å². The van der Waals surface area contributed by atoms with Crippen LogP contribution in [0, 0.1) is 11.3 Å². The van der Waals surface area contributed by atoms with E-state index in [0.29, 0.717) is 6.04 Å². The first-order valence-electron chi connectivity index (χ1n) is 8.99. The molecule has 1 fully saturated rings. The summed E-state index contributed by atoms with van der Waals surface area (Å²) in [7, 11) is 0. The lowest BCUT2D eigenvalue weighted by Crippen LogP contribution is -2.28. The molecule has 1 aliphatic rings. The van der Waals surface area contributed by atoms with Crippen molar-refractivity contribution in [2.24, 2.45) is 0 Å². The summed E-state index contributed by atoms with van der Waals surface area (Å²) in [6.07, 6.45) is 10.9. The van der Waals surface area contributed by atoms with E-state index in [2.05, 4.69) is 17.6 Å². The van der Waals surface area contributed by atoms with Gasteiger partial charge in [0.25, 0.3) is 5.91 Å². The molecule has 24 heavy (non-hydrogen) atoms. The van der Waals surface area contributed by atoms with Crippen molar-refractivity contribution in [2.45, 2.75) is 64.3 Å². The van der Waals surface area contributed by atoms with Crippen LogP contribution in [-0.2, 0) is 11.2 Å². The fourth-order valence-electron chi connectivity index (χ4n) is 2.95. The Morgan fingerprint density at radius 2 is 1.96 bits per heavy atom. The van der Waals surface area contributed by atoms with E-state index in [-0.39, 0.29) is 11.5 Å². The summed E-state index contributed by atoms with van der Waals surface area (Å²) < 4.78 is 0. The minimum Gasteiger partial charge on any atom is -0.387 e. The molecule has 0 unspecified atom stereocenters. The lowest BCUT2D eigenvalue weighted by Gasteiger charge is -2.21. The number of rotatable bonds is 7. The van der Waals surface area contributed by atoms with Crippen molar-refractivity contribution in [1.29, 1.82) is 5.26 Å². The van der Waals surface area contributed by atoms with E-state index >= 15 is 0 Å². The predicted octanol–water partition coefficient (Wildman–Crippen LogP) is 4.30. The first-order valence-corrected chi connectivity index (χ1v) is 8.99. The fourth-order valence-corrected chi connectivity index (χ4v) is 2.95. The molecule has 1 aromatic rings. The van der Waals surface area contributed by atoms with Gasteiger partial charge >= 0.3 is 0 Å². The second kappa shape index (κ2) is 9.77. The van der Waals surface area contributed by atoms with Crippen molar-refractivity contribution in [3.63, 3.8) is 0 Å². The van der Waals surface area contributed by atoms with E-state index in [1.54, 1.807) is 6.20 Å². The maximum Gasteiger partial charge on any atom is 0.267 e. The van der Waals surface area contributed by atoms with Gasteiger partial charge in [0, 0.05) is 17.9 Å². The highest BCUT2D eigenvalue weighted by Crippen LogP contribution is 2.17. The van der Waals surface area contributed by atoms with Crippen LogP contribution in [0.15, 0.2) is 36.0 Å². The Bertz CT molecular complexity index is 592. The minimum absolute atomic E-state index is 0.121. The summed E-state index contributed by atoms with van der Waals surface area (Å²) in [4.78, 5) is 12.2. The second-order valence-corrected chi connectivity index (χ2v) is 6.43. The Kier molecular flexibility index (Phi) is 7.35. The van der Waals surface area contributed by atoms with Gasteiger partial charge in [-0.1, -0.05) is 44.7 Å². The van der Waals surface area contributed by atoms with Gasteiger partial charge in [0.1, 0.15) is 11.6 Å². The predicted molar refractivity (Wildman–Crippen MR) is 97.4 cm³/mol. The van der Waals surface area contributed by atoms with Crippen molar-refractivity contribution in [3.8, 4) is 6.07 Å². The van der Waals surface area contributed by atoms with Gasteiger partial charge in [-0.2, -0.15) is 5.26 Å². The lowest BCUT2D eigenvalue weighted by molar-refractivity contribution is -0.112. The van der Waals surface area contributed by atoms with E-state index in [4.69, 9.17) is 0 Å². The number of carbonyl (C=O) groups is 1. The van der Waals surface area contributed by atoms with Crippen LogP contribution in [0.4, 0.5) is 5.69 Å². The summed E-state index contributed by atoms with van der Waals surface area (Å²) in [5, 5.41) is 15.2. The number of nitrogens with one attached hydrogen (secondary N) is 2. The van der Waals surface area contributed by atoms with Crippen LogP contribution < -0.4 is 10.6 Å². The Hall–Kier alpha value is -2.28. The molecule has 1 aromatic carbocycles. The summed E-state index contributed by atoms with van der Waals surface area (Å²) in [6.45, 7) is 2.17. The molecule has 1 aliphatic carbocycles. The number of nitriles is 1. The third-order valence-electron chi connectivity index (χ3n) is 4.46. The summed E-state index contributed by atoms with van der Waals surface area (Å²) in [6, 6.07) is 10.2. The molecule has 4 nitrogen and oxygen atoms in total. The van der Waals surface area contributed by atoms with Gasteiger partial charge in [0.2, 0.25) is 0 Å². The van der Waals surface area contributed by atoms with Crippen LogP contribution in [0.2, 0.25) is 0 Å². The van der Waals surface area contributed by atoms with E-state index in [0.717, 1.165) is 24.9 Å². The number of aryl methyl sites for hydroxylation is 1. The van der Waals surface area contributed by atoms with Crippen molar-refractivity contribution in [1.82, 2.24) is 5.32 Å². The number of hydrogen-bond acceptors (Lipinski definition) is 3. The van der Waals surface area contributed by atoms with Crippen molar-refractivity contribution >= 4 is 11.6 Å². The SMILES string of the molecule is CCCCc1ccc(NC(=O)/C(C#N)=C\NC2CCCCC2)cc1. The summed E-state index contributed by atoms with van der Waals surface area (Å²) >= 11 is 0. The zero-order valence-corrected chi connectivity index (χ0v) is 14.5. The van der Waals surface area contributed by atoms with Crippen molar-refractivity contribution < 1.29 is 4.79 Å². The van der Waals surface area contributed by atoms with Crippen molar-refractivity contribution in [2.75, 3.05) is 5.32 Å². The molecular formula is C20H27N3O. The number of anilines is 1. The van der Waals surface area contributed by atoms with Gasteiger partial charge in [-0.25, -0.2) is 0 Å². The maximum absolute atomic E-state index is 12.2. The first kappa shape index (κ1) is 18.1. The third-order valence-corrected chi connectivity index (χ3v) is 4.46. The Morgan fingerprint density at radius 1 is 1.25 bits per heavy atom. The molecule has 0 aliphatic heterocycles. The molecule has 0 spiro atoms. The smallest absolute Gasteiger partial charge is 0.267 e. The molecule has 1 saturated carbocycles. The number of hydrogen-bond donors (Lipinski definition) is 2. The molecule has 1 amide bonds. The average Bonchev–Trinajstić information content (AvgIpc) is 2.62. The average molecular weight is 325 g/mol. The lowest BCUT2D eigenvalue weighted by atomic mass is 9.96. The van der Waals surface area contributed by atoms with Gasteiger partial charge in [0.05, 0.1) is 0 Å². The Morgan fingerprint density at radius 3 is 2.58 bits per heavy atom. The van der Waals surface area contributed by atoms with Crippen LogP contribution >= 0.6 is 0 Å². The molecular weight excluding hydrogens is 298 g/mol. The molecule has 0 saturated heterocycles. The van der Waals surface area contributed by atoms with E-state index in [9.17, 15) is 10.1 Å². The minimum atomic E-state index is -0.359. The third kappa shape index (κ3) is 5.73. The number of nitrogens with zero attached hydrogens (tertiary/aromatic N) is 1. The number of unbranched alkanes of at least 4 members (excludes halogenated alkanes) is 1. The molecule has 0 bridgehead atoms. The maximum atomic E-state index is 12.2. The molecule has 0 aromatic heterocycles. The molecule has 2 rings (SSSR count). The normalized spacial score (nSPS) is 15.6. The highest BCUT2D eigenvalue weighted by atomic mass is 16.1. The van der Waals surface area contributed by atoms with Gasteiger partial charge in [0.15, 0.2) is 0 Å². The fraction of sp³-hybridized carbons (Fsp3) is 0.500. The van der Waals surface area contributed by atoms with Crippen LogP contribution in [0.25, 0.3) is 0 Å². The van der Waals surface area contributed by atoms with E-state index in [1.807, 2.05) is 30.3 Å². The monoisotopic (exact) mass is 325 g/mol. The highest BCUT2D eigenvalue weighted by Gasteiger charge is 2.14. The van der Waals surface area contributed by atoms with E-state index in [1.165, 1.54) is 37.7 Å². The topological polar surface area (TPSA) is 64.9 Å². The highest BCUT2D eigenvalue weighted by molar-refractivity contribution is 6.06. The van der Waals surface area contributed by atoms with Gasteiger partial charge in [-0.3, -0.25) is 4.79 Å². The summed E-state index contributed by atoms with van der Waals surface area (Å²) in [5.41, 5.74) is 2.11. The summed E-state index contributed by atoms with van der Waals surface area (Å²) in [5.74, 6) is -0.359. The largest absolute Gasteiger partial charge is 0.387 e. The second-order valence-electron chi connectivity index (χ2n) is 6.43. The molecule has 2 N–H and O–H groups in total. The first-order chi connectivity index (χ1) is 11.7. The number of amides is 1. The zero-order chi connectivity index (χ0) is 17.2. The Balaban J connectivity index is 1.89. The zero-order valence-electron chi connectivity index (χ0n) is 14.5. The Labute approximate surface area is 144 Å². The quantitative estimate of drug-likeness (QED) is 0.580. The van der Waals surface area contributed by atoms with Gasteiger partial charge < -0.3 is 10.6 Å². The molecule has 0 atom stereocenters. The van der Waals surface area contributed by atoms with Crippen LogP contribution in [-0.4, -0.2) is 11.9 Å². The van der Waals surface area contributed by atoms with Crippen LogP contribution in [0.1, 0.15) is 57.4 Å². The number of carbonyl (C=O) groups excluding carboxylic acids is 1. The van der Waals surface area contributed by atoms with Crippen molar-refractivity contribution in [3.05, 3.63) is 41.6 Å². The molecule has 128 valence electrons. The van der Waals surface area contributed by atoms with Crippen LogP contribution in [0.3, 0.4) is 0 Å². The molecule has 4 heteroatoms. The molecule has 0 heterocycles.